The molecule has 0 unspecified atom stereocenters. The largest absolute Gasteiger partial charge is 0.339 e. The Morgan fingerprint density at radius 3 is 2.44 bits per heavy atom. The number of sulfonamides is 1. The Labute approximate surface area is 159 Å². The van der Waals surface area contributed by atoms with Crippen molar-refractivity contribution in [2.24, 2.45) is 5.92 Å². The zero-order valence-corrected chi connectivity index (χ0v) is 17.0. The number of hydrogen-bond acceptors (Lipinski definition) is 4. The molecule has 140 valence electrons. The van der Waals surface area contributed by atoms with Crippen LogP contribution in [0.5, 0.6) is 0 Å². The zero-order valence-electron chi connectivity index (χ0n) is 14.7. The van der Waals surface area contributed by atoms with Crippen molar-refractivity contribution >= 4 is 39.3 Å². The molecule has 1 aromatic rings. The Bertz CT molecular complexity index is 687. The van der Waals surface area contributed by atoms with Gasteiger partial charge in [-0.05, 0) is 30.2 Å². The van der Waals surface area contributed by atoms with Crippen LogP contribution in [0.1, 0.15) is 20.3 Å². The zero-order chi connectivity index (χ0) is 18.4. The number of piperazine rings is 1. The quantitative estimate of drug-likeness (QED) is 0.655. The number of carbonyl (C=O) groups excluding carboxylic acids is 1. The van der Waals surface area contributed by atoms with E-state index in [0.717, 1.165) is 12.2 Å². The Balaban J connectivity index is 1.87. The average molecular weight is 405 g/mol. The van der Waals surface area contributed by atoms with Crippen molar-refractivity contribution in [3.05, 3.63) is 29.3 Å². The first-order valence-electron chi connectivity index (χ1n) is 8.42. The average Bonchev–Trinajstić information content (AvgIpc) is 2.58. The molecule has 1 fully saturated rings. The summed E-state index contributed by atoms with van der Waals surface area (Å²) in [6.45, 7) is 5.79. The minimum absolute atomic E-state index is 0.0866. The van der Waals surface area contributed by atoms with Crippen molar-refractivity contribution < 1.29 is 13.2 Å². The lowest BCUT2D eigenvalue weighted by Gasteiger charge is -2.34. The first-order valence-corrected chi connectivity index (χ1v) is 11.4. The van der Waals surface area contributed by atoms with Crippen molar-refractivity contribution in [1.82, 2.24) is 9.21 Å². The van der Waals surface area contributed by atoms with E-state index >= 15 is 0 Å². The van der Waals surface area contributed by atoms with E-state index in [0.29, 0.717) is 37.8 Å². The van der Waals surface area contributed by atoms with Gasteiger partial charge in [0, 0.05) is 26.2 Å². The molecule has 0 aromatic heterocycles. The molecule has 0 radical (unpaired) electrons. The summed E-state index contributed by atoms with van der Waals surface area (Å²) >= 11 is 7.68. The van der Waals surface area contributed by atoms with Crippen molar-refractivity contribution in [2.45, 2.75) is 25.2 Å². The van der Waals surface area contributed by atoms with Crippen LogP contribution in [0, 0.1) is 5.92 Å². The minimum Gasteiger partial charge on any atom is -0.339 e. The fourth-order valence-corrected chi connectivity index (χ4v) is 5.60. The fraction of sp³-hybridized carbons (Fsp3) is 0.588. The molecule has 0 N–H and O–H groups in total. The van der Waals surface area contributed by atoms with E-state index in [9.17, 15) is 13.2 Å². The Morgan fingerprint density at radius 2 is 1.84 bits per heavy atom. The lowest BCUT2D eigenvalue weighted by Crippen LogP contribution is -2.51. The van der Waals surface area contributed by atoms with Gasteiger partial charge in [0.05, 0.1) is 10.8 Å². The molecule has 8 heteroatoms. The highest BCUT2D eigenvalue weighted by Crippen LogP contribution is 2.25. The second-order valence-electron chi connectivity index (χ2n) is 6.45. The number of halogens is 1. The SMILES string of the molecule is CC(C)CCSCC(=O)N1CCN(S(=O)(=O)c2ccccc2Cl)CC1. The minimum atomic E-state index is -3.61. The standard InChI is InChI=1S/C17H25ClN2O3S2/c1-14(2)7-12-24-13-17(21)19-8-10-20(11-9-19)25(22,23)16-6-4-3-5-15(16)18/h3-6,14H,7-13H2,1-2H3. The van der Waals surface area contributed by atoms with Crippen LogP contribution in [0.3, 0.4) is 0 Å². The van der Waals surface area contributed by atoms with Crippen LogP contribution in [0.4, 0.5) is 0 Å². The van der Waals surface area contributed by atoms with Crippen LogP contribution < -0.4 is 0 Å². The van der Waals surface area contributed by atoms with Gasteiger partial charge >= 0.3 is 0 Å². The second kappa shape index (κ2) is 9.26. The third-order valence-corrected chi connectivity index (χ3v) is 7.48. The van der Waals surface area contributed by atoms with Crippen LogP contribution in [0.2, 0.25) is 5.02 Å². The van der Waals surface area contributed by atoms with E-state index in [2.05, 4.69) is 13.8 Å². The third kappa shape index (κ3) is 5.61. The van der Waals surface area contributed by atoms with Crippen molar-refractivity contribution in [1.29, 1.82) is 0 Å². The van der Waals surface area contributed by atoms with Gasteiger partial charge in [0.25, 0.3) is 0 Å². The first-order chi connectivity index (χ1) is 11.8. The Hall–Kier alpha value is -0.760. The smallest absolute Gasteiger partial charge is 0.244 e. The van der Waals surface area contributed by atoms with Gasteiger partial charge < -0.3 is 4.90 Å². The van der Waals surface area contributed by atoms with E-state index < -0.39 is 10.0 Å². The molecule has 0 saturated carbocycles. The second-order valence-corrected chi connectivity index (χ2v) is 9.87. The number of rotatable bonds is 7. The van der Waals surface area contributed by atoms with Gasteiger partial charge in [-0.3, -0.25) is 4.79 Å². The summed E-state index contributed by atoms with van der Waals surface area (Å²) in [5.74, 6) is 2.17. The van der Waals surface area contributed by atoms with E-state index in [1.807, 2.05) is 0 Å². The Morgan fingerprint density at radius 1 is 1.20 bits per heavy atom. The predicted molar refractivity (Wildman–Crippen MR) is 104 cm³/mol. The molecule has 1 heterocycles. The van der Waals surface area contributed by atoms with Gasteiger partial charge in [0.15, 0.2) is 0 Å². The highest BCUT2D eigenvalue weighted by Gasteiger charge is 2.31. The summed E-state index contributed by atoms with van der Waals surface area (Å²) in [7, 11) is -3.61. The molecule has 0 atom stereocenters. The van der Waals surface area contributed by atoms with Crippen LogP contribution in [0.15, 0.2) is 29.2 Å². The molecule has 1 amide bonds. The fourth-order valence-electron chi connectivity index (χ4n) is 2.54. The molecule has 5 nitrogen and oxygen atoms in total. The molecule has 2 rings (SSSR count). The number of nitrogens with zero attached hydrogens (tertiary/aromatic N) is 2. The van der Waals surface area contributed by atoms with Gasteiger partial charge in [0.2, 0.25) is 15.9 Å². The molecular weight excluding hydrogens is 380 g/mol. The van der Waals surface area contributed by atoms with Crippen LogP contribution >= 0.6 is 23.4 Å². The Kier molecular flexibility index (Phi) is 7.61. The van der Waals surface area contributed by atoms with Crippen LogP contribution in [0.25, 0.3) is 0 Å². The molecule has 0 spiro atoms. The van der Waals surface area contributed by atoms with Gasteiger partial charge in [-0.15, -0.1) is 0 Å². The highest BCUT2D eigenvalue weighted by molar-refractivity contribution is 7.99. The van der Waals surface area contributed by atoms with Gasteiger partial charge in [-0.25, -0.2) is 8.42 Å². The molecule has 1 aliphatic rings. The number of benzene rings is 1. The van der Waals surface area contributed by atoms with Crippen molar-refractivity contribution in [3.63, 3.8) is 0 Å². The number of carbonyl (C=O) groups is 1. The maximum atomic E-state index is 12.7. The molecule has 0 aliphatic carbocycles. The maximum absolute atomic E-state index is 12.7. The van der Waals surface area contributed by atoms with E-state index in [1.54, 1.807) is 34.9 Å². The van der Waals surface area contributed by atoms with E-state index in [4.69, 9.17) is 11.6 Å². The summed E-state index contributed by atoms with van der Waals surface area (Å²) in [5, 5.41) is 0.225. The number of thioether (sulfide) groups is 1. The van der Waals surface area contributed by atoms with Gasteiger partial charge in [-0.1, -0.05) is 37.6 Å². The molecule has 25 heavy (non-hydrogen) atoms. The van der Waals surface area contributed by atoms with Crippen LogP contribution in [-0.4, -0.2) is 61.2 Å². The lowest BCUT2D eigenvalue weighted by molar-refractivity contribution is -0.129. The molecular formula is C17H25ClN2O3S2. The van der Waals surface area contributed by atoms with Crippen molar-refractivity contribution in [3.8, 4) is 0 Å². The summed E-state index contributed by atoms with van der Waals surface area (Å²) in [6, 6.07) is 6.45. The number of hydrogen-bond donors (Lipinski definition) is 0. The molecule has 1 saturated heterocycles. The first kappa shape index (κ1) is 20.6. The van der Waals surface area contributed by atoms with E-state index in [-0.39, 0.29) is 15.8 Å². The number of amides is 1. The highest BCUT2D eigenvalue weighted by atomic mass is 35.5. The predicted octanol–water partition coefficient (Wildman–Crippen LogP) is 2.95. The maximum Gasteiger partial charge on any atom is 0.244 e. The molecule has 0 bridgehead atoms. The van der Waals surface area contributed by atoms with E-state index in [1.165, 1.54) is 10.4 Å². The van der Waals surface area contributed by atoms with Gasteiger partial charge in [0.1, 0.15) is 4.90 Å². The summed E-state index contributed by atoms with van der Waals surface area (Å²) in [5.41, 5.74) is 0. The normalized spacial score (nSPS) is 16.4. The topological polar surface area (TPSA) is 57.7 Å². The summed E-state index contributed by atoms with van der Waals surface area (Å²) < 4.78 is 26.8. The summed E-state index contributed by atoms with van der Waals surface area (Å²) in [4.78, 5) is 14.1. The van der Waals surface area contributed by atoms with Gasteiger partial charge in [-0.2, -0.15) is 16.1 Å². The monoisotopic (exact) mass is 404 g/mol. The van der Waals surface area contributed by atoms with Crippen molar-refractivity contribution in [2.75, 3.05) is 37.7 Å². The molecule has 1 aromatic carbocycles. The van der Waals surface area contributed by atoms with Crippen LogP contribution in [-0.2, 0) is 14.8 Å². The third-order valence-electron chi connectivity index (χ3n) is 4.11. The molecule has 1 aliphatic heterocycles. The summed E-state index contributed by atoms with van der Waals surface area (Å²) in [6.07, 6.45) is 1.10. The lowest BCUT2D eigenvalue weighted by atomic mass is 10.2.